The second kappa shape index (κ2) is 6.95. The molecule has 0 aliphatic carbocycles. The number of Topliss-reactive ketones (excluding diaryl/α,β-unsaturated/α-hetero) is 1. The molecule has 0 aliphatic heterocycles. The molecular weight excluding hydrogens is 280 g/mol. The zero-order valence-electron chi connectivity index (χ0n) is 14.0. The predicted octanol–water partition coefficient (Wildman–Crippen LogP) is 6.39. The van der Waals surface area contributed by atoms with Gasteiger partial charge in [-0.15, -0.1) is 0 Å². The molecule has 3 rings (SSSR count). The average molecular weight is 304 g/mol. The van der Waals surface area contributed by atoms with Gasteiger partial charge >= 0.3 is 0 Å². The Balaban J connectivity index is 2.17. The van der Waals surface area contributed by atoms with Crippen LogP contribution < -0.4 is 0 Å². The molecular formula is C22H24O. The van der Waals surface area contributed by atoms with Gasteiger partial charge in [-0.3, -0.25) is 4.79 Å². The van der Waals surface area contributed by atoms with E-state index in [1.807, 2.05) is 12.1 Å². The van der Waals surface area contributed by atoms with E-state index in [0.717, 1.165) is 42.0 Å². The molecule has 1 unspecified atom stereocenters. The molecule has 0 aliphatic rings. The Morgan fingerprint density at radius 2 is 1.57 bits per heavy atom. The molecule has 3 aromatic rings. The fourth-order valence-corrected chi connectivity index (χ4v) is 3.45. The summed E-state index contributed by atoms with van der Waals surface area (Å²) in [5.41, 5.74) is 0.891. The zero-order valence-corrected chi connectivity index (χ0v) is 14.0. The molecule has 0 bridgehead atoms. The number of hydrogen-bond acceptors (Lipinski definition) is 1. The van der Waals surface area contributed by atoms with Crippen LogP contribution >= 0.6 is 0 Å². The second-order valence-electron chi connectivity index (χ2n) is 6.30. The van der Waals surface area contributed by atoms with Crippen LogP contribution in [0.1, 0.15) is 49.9 Å². The second-order valence-corrected chi connectivity index (χ2v) is 6.30. The minimum atomic E-state index is 0.138. The summed E-state index contributed by atoms with van der Waals surface area (Å²) in [5.74, 6) is 0.447. The van der Waals surface area contributed by atoms with Gasteiger partial charge in [-0.1, -0.05) is 75.2 Å². The van der Waals surface area contributed by atoms with Crippen molar-refractivity contribution >= 4 is 27.3 Å². The van der Waals surface area contributed by atoms with E-state index in [4.69, 9.17) is 0 Å². The standard InChI is InChI=1S/C22H24O/c1-3-5-10-16(4-2)22(23)21-15-17-11-6-7-12-18(17)19-13-8-9-14-20(19)21/h6-9,11-16H,3-5,10H2,1-2H3. The van der Waals surface area contributed by atoms with Gasteiger partial charge in [0.05, 0.1) is 0 Å². The summed E-state index contributed by atoms with van der Waals surface area (Å²) in [6.45, 7) is 4.31. The van der Waals surface area contributed by atoms with Gasteiger partial charge < -0.3 is 0 Å². The van der Waals surface area contributed by atoms with Crippen molar-refractivity contribution in [2.24, 2.45) is 5.92 Å². The largest absolute Gasteiger partial charge is 0.294 e. The topological polar surface area (TPSA) is 17.1 Å². The van der Waals surface area contributed by atoms with Crippen molar-refractivity contribution in [3.8, 4) is 0 Å². The number of hydrogen-bond donors (Lipinski definition) is 0. The van der Waals surface area contributed by atoms with Crippen molar-refractivity contribution < 1.29 is 4.79 Å². The van der Waals surface area contributed by atoms with E-state index < -0.39 is 0 Å². The van der Waals surface area contributed by atoms with E-state index in [-0.39, 0.29) is 5.92 Å². The monoisotopic (exact) mass is 304 g/mol. The summed E-state index contributed by atoms with van der Waals surface area (Å²) in [6.07, 6.45) is 4.17. The van der Waals surface area contributed by atoms with Gasteiger partial charge in [0.2, 0.25) is 0 Å². The molecule has 23 heavy (non-hydrogen) atoms. The predicted molar refractivity (Wildman–Crippen MR) is 99.1 cm³/mol. The number of ketones is 1. The highest BCUT2D eigenvalue weighted by Gasteiger charge is 2.20. The lowest BCUT2D eigenvalue weighted by Gasteiger charge is -2.16. The third-order valence-electron chi connectivity index (χ3n) is 4.80. The number of fused-ring (bicyclic) bond motifs is 3. The molecule has 0 saturated heterocycles. The smallest absolute Gasteiger partial charge is 0.166 e. The molecule has 0 amide bonds. The first-order chi connectivity index (χ1) is 11.3. The fourth-order valence-electron chi connectivity index (χ4n) is 3.45. The van der Waals surface area contributed by atoms with Crippen LogP contribution in [-0.2, 0) is 0 Å². The molecule has 0 fully saturated rings. The van der Waals surface area contributed by atoms with Gasteiger partial charge in [0.15, 0.2) is 5.78 Å². The van der Waals surface area contributed by atoms with Gasteiger partial charge in [0, 0.05) is 11.5 Å². The van der Waals surface area contributed by atoms with Crippen LogP contribution in [0.4, 0.5) is 0 Å². The first kappa shape index (κ1) is 15.7. The van der Waals surface area contributed by atoms with Crippen molar-refractivity contribution in [2.45, 2.75) is 39.5 Å². The summed E-state index contributed by atoms with van der Waals surface area (Å²) in [5, 5.41) is 4.64. The van der Waals surface area contributed by atoms with Crippen LogP contribution in [0.3, 0.4) is 0 Å². The van der Waals surface area contributed by atoms with Crippen molar-refractivity contribution in [3.05, 3.63) is 60.2 Å². The van der Waals surface area contributed by atoms with E-state index in [1.54, 1.807) is 0 Å². The molecule has 1 heteroatoms. The van der Waals surface area contributed by atoms with Crippen molar-refractivity contribution in [3.63, 3.8) is 0 Å². The minimum Gasteiger partial charge on any atom is -0.294 e. The summed E-state index contributed by atoms with van der Waals surface area (Å²) < 4.78 is 0. The summed E-state index contributed by atoms with van der Waals surface area (Å²) >= 11 is 0. The summed E-state index contributed by atoms with van der Waals surface area (Å²) in [4.78, 5) is 13.1. The van der Waals surface area contributed by atoms with Crippen LogP contribution in [-0.4, -0.2) is 5.78 Å². The maximum Gasteiger partial charge on any atom is 0.166 e. The number of carbonyl (C=O) groups is 1. The van der Waals surface area contributed by atoms with Crippen LogP contribution in [0.25, 0.3) is 21.5 Å². The van der Waals surface area contributed by atoms with Crippen molar-refractivity contribution in [1.29, 1.82) is 0 Å². The van der Waals surface area contributed by atoms with Crippen LogP contribution in [0.15, 0.2) is 54.6 Å². The number of rotatable bonds is 6. The maximum atomic E-state index is 13.1. The zero-order chi connectivity index (χ0) is 16.2. The normalized spacial score (nSPS) is 12.6. The average Bonchev–Trinajstić information content (AvgIpc) is 2.61. The molecule has 0 N–H and O–H groups in total. The van der Waals surface area contributed by atoms with Crippen LogP contribution in [0.2, 0.25) is 0 Å². The molecule has 0 heterocycles. The molecule has 118 valence electrons. The lowest BCUT2D eigenvalue weighted by atomic mass is 9.87. The highest BCUT2D eigenvalue weighted by Crippen LogP contribution is 2.31. The Labute approximate surface area is 138 Å². The third-order valence-corrected chi connectivity index (χ3v) is 4.80. The van der Waals surface area contributed by atoms with E-state index in [9.17, 15) is 4.79 Å². The van der Waals surface area contributed by atoms with Gasteiger partial charge in [-0.25, -0.2) is 0 Å². The number of carbonyl (C=O) groups excluding carboxylic acids is 1. The maximum absolute atomic E-state index is 13.1. The SMILES string of the molecule is CCCCC(CC)C(=O)c1cc2ccccc2c2ccccc12. The quantitative estimate of drug-likeness (QED) is 0.381. The van der Waals surface area contributed by atoms with Gasteiger partial charge in [0.1, 0.15) is 0 Å². The first-order valence-corrected chi connectivity index (χ1v) is 8.71. The van der Waals surface area contributed by atoms with Crippen molar-refractivity contribution in [1.82, 2.24) is 0 Å². The molecule has 0 spiro atoms. The lowest BCUT2D eigenvalue weighted by Crippen LogP contribution is -2.14. The first-order valence-electron chi connectivity index (χ1n) is 8.71. The number of unbranched alkanes of at least 4 members (excludes halogenated alkanes) is 1. The Morgan fingerprint density at radius 3 is 2.26 bits per heavy atom. The van der Waals surface area contributed by atoms with E-state index in [1.165, 1.54) is 10.8 Å². The number of benzene rings is 3. The van der Waals surface area contributed by atoms with Crippen molar-refractivity contribution in [2.75, 3.05) is 0 Å². The third kappa shape index (κ3) is 3.01. The Kier molecular flexibility index (Phi) is 4.76. The van der Waals surface area contributed by atoms with E-state index >= 15 is 0 Å². The van der Waals surface area contributed by atoms with Crippen LogP contribution in [0, 0.1) is 5.92 Å². The molecule has 0 saturated carbocycles. The minimum absolute atomic E-state index is 0.138. The Morgan fingerprint density at radius 1 is 0.913 bits per heavy atom. The van der Waals surface area contributed by atoms with Gasteiger partial charge in [0.25, 0.3) is 0 Å². The molecule has 1 nitrogen and oxygen atoms in total. The molecule has 1 atom stereocenters. The highest BCUT2D eigenvalue weighted by atomic mass is 16.1. The van der Waals surface area contributed by atoms with Crippen LogP contribution in [0.5, 0.6) is 0 Å². The molecule has 0 aromatic heterocycles. The Hall–Kier alpha value is -2.15. The Bertz CT molecular complexity index is 832. The lowest BCUT2D eigenvalue weighted by molar-refractivity contribution is 0.0910. The van der Waals surface area contributed by atoms with Gasteiger partial charge in [-0.05, 0) is 40.5 Å². The molecule has 3 aromatic carbocycles. The summed E-state index contributed by atoms with van der Waals surface area (Å²) in [6, 6.07) is 18.7. The van der Waals surface area contributed by atoms with E-state index in [0.29, 0.717) is 5.78 Å². The fraction of sp³-hybridized carbons (Fsp3) is 0.318. The highest BCUT2D eigenvalue weighted by molar-refractivity contribution is 6.18. The summed E-state index contributed by atoms with van der Waals surface area (Å²) in [7, 11) is 0. The van der Waals surface area contributed by atoms with E-state index in [2.05, 4.69) is 56.3 Å². The van der Waals surface area contributed by atoms with Gasteiger partial charge in [-0.2, -0.15) is 0 Å². The molecule has 0 radical (unpaired) electrons.